The highest BCUT2D eigenvalue weighted by molar-refractivity contribution is 5.54. The van der Waals surface area contributed by atoms with Gasteiger partial charge < -0.3 is 4.52 Å². The zero-order valence-corrected chi connectivity index (χ0v) is 6.56. The molecule has 12 heavy (non-hydrogen) atoms. The smallest absolute Gasteiger partial charge is 0.168 e. The minimum Gasteiger partial charge on any atom is -0.356 e. The van der Waals surface area contributed by atoms with Crippen molar-refractivity contribution in [3.05, 3.63) is 30.2 Å². The average Bonchev–Trinajstić information content (AvgIpc) is 2.54. The first-order chi connectivity index (χ1) is 5.86. The lowest BCUT2D eigenvalue weighted by Gasteiger charge is -1.89. The van der Waals surface area contributed by atoms with E-state index in [0.29, 0.717) is 0 Å². The van der Waals surface area contributed by atoms with E-state index < -0.39 is 0 Å². The lowest BCUT2D eigenvalue weighted by Crippen LogP contribution is -1.79. The van der Waals surface area contributed by atoms with Gasteiger partial charge in [-0.25, -0.2) is 0 Å². The molecule has 0 saturated carbocycles. The van der Waals surface area contributed by atoms with E-state index in [-0.39, 0.29) is 0 Å². The number of hydrogen-bond donors (Lipinski definition) is 0. The molecule has 0 N–H and O–H groups in total. The van der Waals surface area contributed by atoms with Gasteiger partial charge in [-0.05, 0) is 13.0 Å². The van der Waals surface area contributed by atoms with E-state index in [1.807, 2.05) is 19.1 Å². The van der Waals surface area contributed by atoms with Gasteiger partial charge in [-0.3, -0.25) is 0 Å². The summed E-state index contributed by atoms with van der Waals surface area (Å²) < 4.78 is 5.03. The van der Waals surface area contributed by atoms with Gasteiger partial charge in [0.2, 0.25) is 0 Å². The zero-order valence-electron chi connectivity index (χ0n) is 6.56. The Morgan fingerprint density at radius 1 is 1.33 bits per heavy atom. The molecule has 2 aromatic rings. The molecule has 0 bridgehead atoms. The van der Waals surface area contributed by atoms with Crippen LogP contribution in [0.1, 0.15) is 5.69 Å². The van der Waals surface area contributed by atoms with E-state index >= 15 is 0 Å². The lowest BCUT2D eigenvalue weighted by molar-refractivity contribution is 0.427. The van der Waals surface area contributed by atoms with Crippen LogP contribution in [-0.2, 0) is 0 Å². The third-order valence-electron chi connectivity index (χ3n) is 1.50. The fraction of sp³-hybridized carbons (Fsp3) is 0.125. The van der Waals surface area contributed by atoms with Crippen molar-refractivity contribution in [1.29, 1.82) is 0 Å². The Morgan fingerprint density at radius 2 is 2.25 bits per heavy atom. The van der Waals surface area contributed by atoms with Gasteiger partial charge in [-0.2, -0.15) is 10.2 Å². The molecule has 2 aromatic heterocycles. The summed E-state index contributed by atoms with van der Waals surface area (Å²) in [7, 11) is 0. The highest BCUT2D eigenvalue weighted by Crippen LogP contribution is 2.17. The van der Waals surface area contributed by atoms with Crippen molar-refractivity contribution in [2.45, 2.75) is 6.92 Å². The Labute approximate surface area is 69.2 Å². The minimum atomic E-state index is 0.724. The molecule has 4 heteroatoms. The van der Waals surface area contributed by atoms with Crippen LogP contribution in [0.3, 0.4) is 0 Å². The molecule has 0 aliphatic carbocycles. The standard InChI is InChI=1S/C8H7N3O/c1-6-4-8(12-11-6)7-2-3-9-10-5-7/h2-5H,1H3. The van der Waals surface area contributed by atoms with Crippen LogP contribution in [0, 0.1) is 6.92 Å². The number of rotatable bonds is 1. The Bertz CT molecular complexity index is 369. The van der Waals surface area contributed by atoms with Gasteiger partial charge in [0.1, 0.15) is 0 Å². The fourth-order valence-corrected chi connectivity index (χ4v) is 0.936. The van der Waals surface area contributed by atoms with Crippen LogP contribution in [0.15, 0.2) is 29.0 Å². The summed E-state index contributed by atoms with van der Waals surface area (Å²) in [6.07, 6.45) is 3.26. The molecule has 0 aliphatic rings. The second kappa shape index (κ2) is 2.73. The average molecular weight is 161 g/mol. The SMILES string of the molecule is Cc1cc(-c2ccnnc2)on1. The highest BCUT2D eigenvalue weighted by atomic mass is 16.5. The molecule has 0 unspecified atom stereocenters. The minimum absolute atomic E-state index is 0.724. The number of aryl methyl sites for hydroxylation is 1. The van der Waals surface area contributed by atoms with E-state index in [9.17, 15) is 0 Å². The topological polar surface area (TPSA) is 51.8 Å². The van der Waals surface area contributed by atoms with Crippen molar-refractivity contribution in [2.24, 2.45) is 0 Å². The quantitative estimate of drug-likeness (QED) is 0.635. The van der Waals surface area contributed by atoms with E-state index in [2.05, 4.69) is 15.4 Å². The second-order valence-electron chi connectivity index (χ2n) is 2.46. The van der Waals surface area contributed by atoms with E-state index in [1.165, 1.54) is 0 Å². The molecular weight excluding hydrogens is 154 g/mol. The largest absolute Gasteiger partial charge is 0.356 e. The molecular formula is C8H7N3O. The predicted molar refractivity (Wildman–Crippen MR) is 42.3 cm³/mol. The molecule has 2 heterocycles. The van der Waals surface area contributed by atoms with Crippen LogP contribution in [0.2, 0.25) is 0 Å². The van der Waals surface area contributed by atoms with Gasteiger partial charge in [0.05, 0.1) is 18.1 Å². The Hall–Kier alpha value is -1.71. The van der Waals surface area contributed by atoms with Crippen LogP contribution in [0.25, 0.3) is 11.3 Å². The van der Waals surface area contributed by atoms with Gasteiger partial charge in [-0.15, -0.1) is 0 Å². The van der Waals surface area contributed by atoms with E-state index in [1.54, 1.807) is 12.4 Å². The summed E-state index contributed by atoms with van der Waals surface area (Å²) in [5, 5.41) is 11.2. The van der Waals surface area contributed by atoms with Gasteiger partial charge in [0, 0.05) is 11.6 Å². The fourth-order valence-electron chi connectivity index (χ4n) is 0.936. The number of aromatic nitrogens is 3. The molecule has 2 rings (SSSR count). The van der Waals surface area contributed by atoms with Crippen molar-refractivity contribution in [3.63, 3.8) is 0 Å². The molecule has 0 amide bonds. The second-order valence-corrected chi connectivity index (χ2v) is 2.46. The number of hydrogen-bond acceptors (Lipinski definition) is 4. The molecule has 0 aliphatic heterocycles. The summed E-state index contributed by atoms with van der Waals surface area (Å²) >= 11 is 0. The highest BCUT2D eigenvalue weighted by Gasteiger charge is 2.02. The Kier molecular flexibility index (Phi) is 1.59. The first kappa shape index (κ1) is 6.97. The van der Waals surface area contributed by atoms with Gasteiger partial charge in [0.15, 0.2) is 5.76 Å². The summed E-state index contributed by atoms with van der Waals surface area (Å²) in [6, 6.07) is 3.68. The normalized spacial score (nSPS) is 10.1. The molecule has 0 atom stereocenters. The maximum Gasteiger partial charge on any atom is 0.168 e. The van der Waals surface area contributed by atoms with Crippen LogP contribution < -0.4 is 0 Å². The van der Waals surface area contributed by atoms with Crippen LogP contribution >= 0.6 is 0 Å². The first-order valence-electron chi connectivity index (χ1n) is 3.56. The third-order valence-corrected chi connectivity index (χ3v) is 1.50. The van der Waals surface area contributed by atoms with E-state index in [0.717, 1.165) is 17.0 Å². The molecule has 0 radical (unpaired) electrons. The summed E-state index contributed by atoms with van der Waals surface area (Å²) in [5.74, 6) is 0.724. The molecule has 0 fully saturated rings. The van der Waals surface area contributed by atoms with Crippen molar-refractivity contribution >= 4 is 0 Å². The molecule has 60 valence electrons. The first-order valence-corrected chi connectivity index (χ1v) is 3.56. The van der Waals surface area contributed by atoms with Crippen LogP contribution in [-0.4, -0.2) is 15.4 Å². The summed E-state index contributed by atoms with van der Waals surface area (Å²) in [6.45, 7) is 1.88. The van der Waals surface area contributed by atoms with Crippen LogP contribution in [0.4, 0.5) is 0 Å². The predicted octanol–water partition coefficient (Wildman–Crippen LogP) is 1.44. The molecule has 0 saturated heterocycles. The van der Waals surface area contributed by atoms with Gasteiger partial charge >= 0.3 is 0 Å². The van der Waals surface area contributed by atoms with Crippen molar-refractivity contribution in [1.82, 2.24) is 15.4 Å². The summed E-state index contributed by atoms with van der Waals surface area (Å²) in [5.41, 5.74) is 1.76. The molecule has 4 nitrogen and oxygen atoms in total. The monoisotopic (exact) mass is 161 g/mol. The maximum absolute atomic E-state index is 5.03. The van der Waals surface area contributed by atoms with Crippen molar-refractivity contribution < 1.29 is 4.52 Å². The third kappa shape index (κ3) is 1.18. The van der Waals surface area contributed by atoms with Gasteiger partial charge in [-0.1, -0.05) is 5.16 Å². The maximum atomic E-state index is 5.03. The summed E-state index contributed by atoms with van der Waals surface area (Å²) in [4.78, 5) is 0. The lowest BCUT2D eigenvalue weighted by atomic mass is 10.2. The molecule has 0 spiro atoms. The zero-order chi connectivity index (χ0) is 8.39. The van der Waals surface area contributed by atoms with Gasteiger partial charge in [0.25, 0.3) is 0 Å². The van der Waals surface area contributed by atoms with Crippen molar-refractivity contribution in [3.8, 4) is 11.3 Å². The number of nitrogens with zero attached hydrogens (tertiary/aromatic N) is 3. The Morgan fingerprint density at radius 3 is 2.83 bits per heavy atom. The van der Waals surface area contributed by atoms with E-state index in [4.69, 9.17) is 4.52 Å². The molecule has 0 aromatic carbocycles. The Balaban J connectivity index is 2.45. The van der Waals surface area contributed by atoms with Crippen LogP contribution in [0.5, 0.6) is 0 Å². The van der Waals surface area contributed by atoms with Crippen molar-refractivity contribution in [2.75, 3.05) is 0 Å².